The average molecular weight is 185 g/mol. The standard InChI is InChI=1S/C11H7NO2/c1-6-2-3-7-8(4-6)11(14)9(5-12)10(7)13/h2-4,9H,1H3. The quantitative estimate of drug-likeness (QED) is 0.575. The van der Waals surface area contributed by atoms with Crippen molar-refractivity contribution in [3.05, 3.63) is 34.9 Å². The van der Waals surface area contributed by atoms with Crippen molar-refractivity contribution in [3.8, 4) is 6.07 Å². The highest BCUT2D eigenvalue weighted by Gasteiger charge is 2.38. The first-order chi connectivity index (χ1) is 6.65. The van der Waals surface area contributed by atoms with Gasteiger partial charge in [0.2, 0.25) is 0 Å². The molecular formula is C11H7NO2. The van der Waals surface area contributed by atoms with Crippen molar-refractivity contribution in [3.63, 3.8) is 0 Å². The molecule has 0 saturated heterocycles. The fraction of sp³-hybridized carbons (Fsp3) is 0.182. The first kappa shape index (κ1) is 8.64. The number of nitriles is 1. The fourth-order valence-corrected chi connectivity index (χ4v) is 1.62. The van der Waals surface area contributed by atoms with E-state index in [9.17, 15) is 9.59 Å². The monoisotopic (exact) mass is 185 g/mol. The van der Waals surface area contributed by atoms with Gasteiger partial charge in [-0.1, -0.05) is 17.7 Å². The number of benzene rings is 1. The molecule has 0 N–H and O–H groups in total. The number of ketones is 2. The van der Waals surface area contributed by atoms with Crippen molar-refractivity contribution in [1.29, 1.82) is 5.26 Å². The molecule has 0 heterocycles. The first-order valence-electron chi connectivity index (χ1n) is 4.24. The minimum atomic E-state index is -1.12. The highest BCUT2D eigenvalue weighted by Crippen LogP contribution is 2.26. The smallest absolute Gasteiger partial charge is 0.188 e. The van der Waals surface area contributed by atoms with Crippen molar-refractivity contribution in [2.75, 3.05) is 0 Å². The minimum Gasteiger partial charge on any atom is -0.292 e. The number of nitrogens with zero attached hydrogens (tertiary/aromatic N) is 1. The Hall–Kier alpha value is -1.95. The first-order valence-corrected chi connectivity index (χ1v) is 4.24. The molecule has 1 aromatic carbocycles. The Kier molecular flexibility index (Phi) is 1.71. The molecule has 1 atom stereocenters. The average Bonchev–Trinajstić information content (AvgIpc) is 2.39. The molecule has 1 unspecified atom stereocenters. The second kappa shape index (κ2) is 2.78. The van der Waals surface area contributed by atoms with Crippen molar-refractivity contribution < 1.29 is 9.59 Å². The lowest BCUT2D eigenvalue weighted by Crippen LogP contribution is -2.11. The van der Waals surface area contributed by atoms with Crippen molar-refractivity contribution in [1.82, 2.24) is 0 Å². The highest BCUT2D eigenvalue weighted by molar-refractivity contribution is 6.27. The third-order valence-corrected chi connectivity index (χ3v) is 2.36. The molecule has 68 valence electrons. The van der Waals surface area contributed by atoms with Crippen molar-refractivity contribution >= 4 is 11.6 Å². The third kappa shape index (κ3) is 0.975. The predicted octanol–water partition coefficient (Wildman–Crippen LogP) is 1.51. The van der Waals surface area contributed by atoms with E-state index >= 15 is 0 Å². The van der Waals surface area contributed by atoms with Gasteiger partial charge >= 0.3 is 0 Å². The lowest BCUT2D eigenvalue weighted by molar-refractivity contribution is 0.0876. The number of hydrogen-bond acceptors (Lipinski definition) is 3. The van der Waals surface area contributed by atoms with Crippen LogP contribution in [-0.2, 0) is 0 Å². The van der Waals surface area contributed by atoms with Gasteiger partial charge in [-0.15, -0.1) is 0 Å². The number of fused-ring (bicyclic) bond motifs is 1. The lowest BCUT2D eigenvalue weighted by Gasteiger charge is -1.95. The summed E-state index contributed by atoms with van der Waals surface area (Å²) in [6, 6.07) is 6.77. The molecule has 0 amide bonds. The lowest BCUT2D eigenvalue weighted by atomic mass is 10.1. The van der Waals surface area contributed by atoms with Gasteiger partial charge in [0, 0.05) is 11.1 Å². The van der Waals surface area contributed by atoms with Gasteiger partial charge in [0.1, 0.15) is 0 Å². The summed E-state index contributed by atoms with van der Waals surface area (Å²) in [7, 11) is 0. The molecular weight excluding hydrogens is 178 g/mol. The van der Waals surface area contributed by atoms with Crippen LogP contribution in [0.15, 0.2) is 18.2 Å². The van der Waals surface area contributed by atoms with Crippen LogP contribution in [0.1, 0.15) is 26.3 Å². The normalized spacial score (nSPS) is 19.3. The zero-order valence-electron chi connectivity index (χ0n) is 7.57. The molecule has 0 bridgehead atoms. The van der Waals surface area contributed by atoms with E-state index in [0.717, 1.165) is 5.56 Å². The Morgan fingerprint density at radius 2 is 1.86 bits per heavy atom. The van der Waals surface area contributed by atoms with Crippen LogP contribution >= 0.6 is 0 Å². The Bertz CT molecular complexity index is 483. The number of carbonyl (C=O) groups excluding carboxylic acids is 2. The van der Waals surface area contributed by atoms with Crippen molar-refractivity contribution in [2.45, 2.75) is 6.92 Å². The molecule has 0 saturated carbocycles. The molecule has 0 aromatic heterocycles. The summed E-state index contributed by atoms with van der Waals surface area (Å²) in [5, 5.41) is 8.66. The third-order valence-electron chi connectivity index (χ3n) is 2.36. The van der Waals surface area contributed by atoms with Crippen molar-refractivity contribution in [2.24, 2.45) is 5.92 Å². The number of carbonyl (C=O) groups is 2. The Balaban J connectivity index is 2.66. The molecule has 1 aliphatic carbocycles. The van der Waals surface area contributed by atoms with Gasteiger partial charge in [0.15, 0.2) is 17.5 Å². The van der Waals surface area contributed by atoms with Crippen LogP contribution in [0.2, 0.25) is 0 Å². The summed E-state index contributed by atoms with van der Waals surface area (Å²) in [5.74, 6) is -1.85. The molecule has 3 heteroatoms. The Morgan fingerprint density at radius 1 is 1.21 bits per heavy atom. The zero-order valence-corrected chi connectivity index (χ0v) is 7.57. The van der Waals surface area contributed by atoms with E-state index in [1.165, 1.54) is 0 Å². The second-order valence-electron chi connectivity index (χ2n) is 3.34. The maximum atomic E-state index is 11.5. The molecule has 0 spiro atoms. The van der Waals surface area contributed by atoms with E-state index in [1.807, 2.05) is 6.92 Å². The predicted molar refractivity (Wildman–Crippen MR) is 48.9 cm³/mol. The molecule has 2 rings (SSSR count). The summed E-state index contributed by atoms with van der Waals surface area (Å²) in [6.07, 6.45) is 0. The molecule has 1 aliphatic rings. The van der Waals surface area contributed by atoms with Crippen LogP contribution in [0.25, 0.3) is 0 Å². The zero-order chi connectivity index (χ0) is 10.3. The van der Waals surface area contributed by atoms with Gasteiger partial charge in [-0.05, 0) is 13.0 Å². The summed E-state index contributed by atoms with van der Waals surface area (Å²) < 4.78 is 0. The SMILES string of the molecule is Cc1ccc2c(c1)C(=O)C(C#N)C2=O. The van der Waals surface area contributed by atoms with Gasteiger partial charge < -0.3 is 0 Å². The van der Waals surface area contributed by atoms with Crippen LogP contribution in [0.5, 0.6) is 0 Å². The maximum absolute atomic E-state index is 11.5. The van der Waals surface area contributed by atoms with Crippen LogP contribution in [-0.4, -0.2) is 11.6 Å². The minimum absolute atomic E-state index is 0.365. The molecule has 0 fully saturated rings. The molecule has 1 aromatic rings. The van der Waals surface area contributed by atoms with Crippen LogP contribution in [0.3, 0.4) is 0 Å². The summed E-state index contributed by atoms with van der Waals surface area (Å²) >= 11 is 0. The van der Waals surface area contributed by atoms with E-state index in [0.29, 0.717) is 11.1 Å². The molecule has 0 radical (unpaired) electrons. The number of Topliss-reactive ketones (excluding diaryl/α,β-unsaturated/α-hetero) is 2. The summed E-state index contributed by atoms with van der Waals surface area (Å²) in [4.78, 5) is 23.1. The van der Waals surface area contributed by atoms with E-state index in [1.54, 1.807) is 24.3 Å². The number of rotatable bonds is 0. The van der Waals surface area contributed by atoms with E-state index in [-0.39, 0.29) is 11.6 Å². The largest absolute Gasteiger partial charge is 0.292 e. The molecule has 0 aliphatic heterocycles. The van der Waals surface area contributed by atoms with Gasteiger partial charge in [-0.3, -0.25) is 9.59 Å². The van der Waals surface area contributed by atoms with Gasteiger partial charge in [-0.2, -0.15) is 5.26 Å². The van der Waals surface area contributed by atoms with Crippen LogP contribution < -0.4 is 0 Å². The molecule has 14 heavy (non-hydrogen) atoms. The number of aryl methyl sites for hydroxylation is 1. The fourth-order valence-electron chi connectivity index (χ4n) is 1.62. The van der Waals surface area contributed by atoms with E-state index < -0.39 is 5.92 Å². The highest BCUT2D eigenvalue weighted by atomic mass is 16.2. The van der Waals surface area contributed by atoms with Crippen LogP contribution in [0.4, 0.5) is 0 Å². The van der Waals surface area contributed by atoms with Gasteiger partial charge in [0.05, 0.1) is 6.07 Å². The number of hydrogen-bond donors (Lipinski definition) is 0. The maximum Gasteiger partial charge on any atom is 0.188 e. The Morgan fingerprint density at radius 3 is 2.50 bits per heavy atom. The topological polar surface area (TPSA) is 57.9 Å². The summed E-state index contributed by atoms with van der Waals surface area (Å²) in [6.45, 7) is 1.84. The van der Waals surface area contributed by atoms with Gasteiger partial charge in [-0.25, -0.2) is 0 Å². The second-order valence-corrected chi connectivity index (χ2v) is 3.34. The van der Waals surface area contributed by atoms with Crippen LogP contribution in [0, 0.1) is 24.2 Å². The van der Waals surface area contributed by atoms with E-state index in [2.05, 4.69) is 0 Å². The Labute approximate surface area is 81.0 Å². The van der Waals surface area contributed by atoms with Gasteiger partial charge in [0.25, 0.3) is 0 Å². The van der Waals surface area contributed by atoms with E-state index in [4.69, 9.17) is 5.26 Å². The summed E-state index contributed by atoms with van der Waals surface area (Å²) in [5.41, 5.74) is 1.69. The molecule has 3 nitrogen and oxygen atoms in total.